The summed E-state index contributed by atoms with van der Waals surface area (Å²) in [7, 11) is 3.25. The molecule has 2 aromatic rings. The van der Waals surface area contributed by atoms with Crippen LogP contribution in [0.15, 0.2) is 47.4 Å². The first kappa shape index (κ1) is 18.2. The minimum Gasteiger partial charge on any atom is -0.493 e. The predicted octanol–water partition coefficient (Wildman–Crippen LogP) is 3.79. The van der Waals surface area contributed by atoms with Gasteiger partial charge in [-0.15, -0.1) is 11.8 Å². The smallest absolute Gasteiger partial charge is 0.252 e. The number of hydrogen-bond acceptors (Lipinski definition) is 4. The molecule has 0 aromatic heterocycles. The Bertz CT molecular complexity index is 688. The molecule has 1 amide bonds. The second-order valence-electron chi connectivity index (χ2n) is 5.25. The van der Waals surface area contributed by atoms with Crippen molar-refractivity contribution in [3.63, 3.8) is 0 Å². The van der Waals surface area contributed by atoms with Crippen LogP contribution in [0.3, 0.4) is 0 Å². The van der Waals surface area contributed by atoms with E-state index in [-0.39, 0.29) is 5.91 Å². The zero-order valence-electron chi connectivity index (χ0n) is 14.3. The van der Waals surface area contributed by atoms with E-state index in [4.69, 9.17) is 9.47 Å². The van der Waals surface area contributed by atoms with E-state index in [0.29, 0.717) is 6.54 Å². The normalized spacial score (nSPS) is 10.3. The van der Waals surface area contributed by atoms with Crippen molar-refractivity contribution in [3.8, 4) is 11.5 Å². The molecule has 0 aliphatic heterocycles. The molecule has 0 atom stereocenters. The Kier molecular flexibility index (Phi) is 7.00. The summed E-state index contributed by atoms with van der Waals surface area (Å²) < 4.78 is 10.5. The van der Waals surface area contributed by atoms with Gasteiger partial charge in [0, 0.05) is 11.4 Å². The first-order valence-electron chi connectivity index (χ1n) is 7.81. The lowest BCUT2D eigenvalue weighted by Crippen LogP contribution is -2.25. The number of rotatable bonds is 8. The number of carbonyl (C=O) groups is 1. The number of hydrogen-bond donors (Lipinski definition) is 1. The third kappa shape index (κ3) is 4.68. The molecule has 2 aromatic carbocycles. The summed E-state index contributed by atoms with van der Waals surface area (Å²) in [6, 6.07) is 13.5. The van der Waals surface area contributed by atoms with Gasteiger partial charge in [-0.2, -0.15) is 0 Å². The summed E-state index contributed by atoms with van der Waals surface area (Å²) in [5.74, 6) is 1.43. The maximum absolute atomic E-state index is 12.3. The molecular weight excluding hydrogens is 322 g/mol. The molecule has 0 fully saturated rings. The number of benzene rings is 2. The highest BCUT2D eigenvalue weighted by Crippen LogP contribution is 2.27. The standard InChI is InChI=1S/C19H23NO3S/c1-22-16-11-10-14(13-17(16)23-2)7-6-12-20-19(21)15-8-4-5-9-18(15)24-3/h4-5,8-11,13H,6-7,12H2,1-3H3,(H,20,21). The molecule has 1 N–H and O–H groups in total. The molecule has 128 valence electrons. The average Bonchev–Trinajstić information content (AvgIpc) is 2.64. The highest BCUT2D eigenvalue weighted by Gasteiger charge is 2.09. The van der Waals surface area contributed by atoms with Crippen molar-refractivity contribution in [2.24, 2.45) is 0 Å². The molecule has 0 spiro atoms. The number of ether oxygens (including phenoxy) is 2. The summed E-state index contributed by atoms with van der Waals surface area (Å²) in [6.45, 7) is 0.635. The van der Waals surface area contributed by atoms with Crippen LogP contribution in [-0.4, -0.2) is 32.9 Å². The minimum atomic E-state index is -0.0211. The molecular formula is C19H23NO3S. The van der Waals surface area contributed by atoms with Crippen LogP contribution >= 0.6 is 11.8 Å². The molecule has 0 aliphatic rings. The Hall–Kier alpha value is -2.14. The lowest BCUT2D eigenvalue weighted by Gasteiger charge is -2.10. The zero-order valence-corrected chi connectivity index (χ0v) is 15.1. The molecule has 0 radical (unpaired) electrons. The Morgan fingerprint density at radius 3 is 2.54 bits per heavy atom. The summed E-state index contributed by atoms with van der Waals surface area (Å²) in [4.78, 5) is 13.3. The van der Waals surface area contributed by atoms with Crippen LogP contribution in [0.1, 0.15) is 22.3 Å². The monoisotopic (exact) mass is 345 g/mol. The van der Waals surface area contributed by atoms with Gasteiger partial charge in [-0.05, 0) is 48.9 Å². The first-order valence-corrected chi connectivity index (χ1v) is 9.04. The number of carbonyl (C=O) groups excluding carboxylic acids is 1. The SMILES string of the molecule is COc1ccc(CCCNC(=O)c2ccccc2SC)cc1OC. The van der Waals surface area contributed by atoms with Crippen molar-refractivity contribution in [1.82, 2.24) is 5.32 Å². The van der Waals surface area contributed by atoms with Gasteiger partial charge in [0.05, 0.1) is 19.8 Å². The predicted molar refractivity (Wildman–Crippen MR) is 98.4 cm³/mol. The quantitative estimate of drug-likeness (QED) is 0.584. The molecule has 0 bridgehead atoms. The van der Waals surface area contributed by atoms with Crippen LogP contribution in [0.4, 0.5) is 0 Å². The molecule has 2 rings (SSSR count). The fourth-order valence-corrected chi connectivity index (χ4v) is 3.05. The number of nitrogens with one attached hydrogen (secondary N) is 1. The van der Waals surface area contributed by atoms with E-state index < -0.39 is 0 Å². The van der Waals surface area contributed by atoms with E-state index in [1.165, 1.54) is 0 Å². The van der Waals surface area contributed by atoms with Crippen LogP contribution in [-0.2, 0) is 6.42 Å². The minimum absolute atomic E-state index is 0.0211. The molecule has 0 heterocycles. The lowest BCUT2D eigenvalue weighted by molar-refractivity contribution is 0.0950. The van der Waals surface area contributed by atoms with Gasteiger partial charge in [-0.3, -0.25) is 4.79 Å². The van der Waals surface area contributed by atoms with Crippen molar-refractivity contribution in [2.45, 2.75) is 17.7 Å². The van der Waals surface area contributed by atoms with E-state index in [1.54, 1.807) is 26.0 Å². The van der Waals surface area contributed by atoms with Crippen molar-refractivity contribution in [3.05, 3.63) is 53.6 Å². The maximum Gasteiger partial charge on any atom is 0.252 e. The van der Waals surface area contributed by atoms with Gasteiger partial charge in [0.1, 0.15) is 0 Å². The first-order chi connectivity index (χ1) is 11.7. The third-order valence-electron chi connectivity index (χ3n) is 3.73. The molecule has 0 unspecified atom stereocenters. The summed E-state index contributed by atoms with van der Waals surface area (Å²) >= 11 is 1.58. The van der Waals surface area contributed by atoms with Gasteiger partial charge in [-0.25, -0.2) is 0 Å². The average molecular weight is 345 g/mol. The van der Waals surface area contributed by atoms with E-state index in [9.17, 15) is 4.79 Å². The molecule has 0 saturated heterocycles. The fraction of sp³-hybridized carbons (Fsp3) is 0.316. The highest BCUT2D eigenvalue weighted by atomic mass is 32.2. The molecule has 0 aliphatic carbocycles. The Balaban J connectivity index is 1.85. The van der Waals surface area contributed by atoms with Gasteiger partial charge in [0.15, 0.2) is 11.5 Å². The highest BCUT2D eigenvalue weighted by molar-refractivity contribution is 7.98. The van der Waals surface area contributed by atoms with Crippen LogP contribution in [0.2, 0.25) is 0 Å². The molecule has 24 heavy (non-hydrogen) atoms. The van der Waals surface area contributed by atoms with Crippen molar-refractivity contribution < 1.29 is 14.3 Å². The summed E-state index contributed by atoms with van der Waals surface area (Å²) in [5.41, 5.74) is 1.89. The Morgan fingerprint density at radius 1 is 1.08 bits per heavy atom. The fourth-order valence-electron chi connectivity index (χ4n) is 2.46. The lowest BCUT2D eigenvalue weighted by atomic mass is 10.1. The van der Waals surface area contributed by atoms with Crippen LogP contribution in [0.25, 0.3) is 0 Å². The molecule has 5 heteroatoms. The largest absolute Gasteiger partial charge is 0.493 e. The van der Waals surface area contributed by atoms with Crippen molar-refractivity contribution in [1.29, 1.82) is 0 Å². The molecule has 4 nitrogen and oxygen atoms in total. The van der Waals surface area contributed by atoms with Crippen molar-refractivity contribution in [2.75, 3.05) is 27.0 Å². The maximum atomic E-state index is 12.3. The van der Waals surface area contributed by atoms with Gasteiger partial charge in [-0.1, -0.05) is 18.2 Å². The van der Waals surface area contributed by atoms with E-state index in [1.807, 2.05) is 48.7 Å². The number of thioether (sulfide) groups is 1. The Morgan fingerprint density at radius 2 is 1.83 bits per heavy atom. The second-order valence-corrected chi connectivity index (χ2v) is 6.10. The van der Waals surface area contributed by atoms with Gasteiger partial charge < -0.3 is 14.8 Å². The van der Waals surface area contributed by atoms with Crippen LogP contribution in [0.5, 0.6) is 11.5 Å². The van der Waals surface area contributed by atoms with E-state index >= 15 is 0 Å². The van der Waals surface area contributed by atoms with E-state index in [2.05, 4.69) is 5.32 Å². The summed E-state index contributed by atoms with van der Waals surface area (Å²) in [6.07, 6.45) is 3.71. The number of aryl methyl sites for hydroxylation is 1. The van der Waals surface area contributed by atoms with Gasteiger partial charge >= 0.3 is 0 Å². The number of methoxy groups -OCH3 is 2. The Labute approximate surface area is 147 Å². The molecule has 0 saturated carbocycles. The van der Waals surface area contributed by atoms with Gasteiger partial charge in [0.25, 0.3) is 5.91 Å². The van der Waals surface area contributed by atoms with Gasteiger partial charge in [0.2, 0.25) is 0 Å². The topological polar surface area (TPSA) is 47.6 Å². The summed E-state index contributed by atoms with van der Waals surface area (Å²) in [5, 5.41) is 2.99. The van der Waals surface area contributed by atoms with Crippen LogP contribution < -0.4 is 14.8 Å². The van der Waals surface area contributed by atoms with Crippen LogP contribution in [0, 0.1) is 0 Å². The van der Waals surface area contributed by atoms with Crippen molar-refractivity contribution >= 4 is 17.7 Å². The zero-order chi connectivity index (χ0) is 17.4. The second kappa shape index (κ2) is 9.23. The third-order valence-corrected chi connectivity index (χ3v) is 4.52. The van der Waals surface area contributed by atoms with E-state index in [0.717, 1.165) is 40.4 Å². The number of amides is 1.